The van der Waals surface area contributed by atoms with Crippen LogP contribution in [0.4, 0.5) is 0 Å². The summed E-state index contributed by atoms with van der Waals surface area (Å²) >= 11 is -0.782. The minimum atomic E-state index is -0.782. The first-order valence-corrected chi connectivity index (χ1v) is 13.1. The third kappa shape index (κ3) is 8.76. The Morgan fingerprint density at radius 2 is 1.64 bits per heavy atom. The van der Waals surface area contributed by atoms with E-state index in [0.29, 0.717) is 10.0 Å². The van der Waals surface area contributed by atoms with Gasteiger partial charge in [-0.05, 0) is 0 Å². The van der Waals surface area contributed by atoms with Crippen LogP contribution in [-0.2, 0) is 0 Å². The Kier molecular flexibility index (Phi) is 12.6. The zero-order valence-electron chi connectivity index (χ0n) is 16.9. The van der Waals surface area contributed by atoms with Crippen molar-refractivity contribution < 1.29 is 4.74 Å². The normalized spacial score (nSPS) is 11.7. The monoisotopic (exact) mass is 454 g/mol. The van der Waals surface area contributed by atoms with Crippen molar-refractivity contribution in [2.24, 2.45) is 0 Å². The molecule has 3 nitrogen and oxygen atoms in total. The molecule has 0 saturated heterocycles. The van der Waals surface area contributed by atoms with Crippen LogP contribution in [0.5, 0.6) is 5.88 Å². The van der Waals surface area contributed by atoms with Gasteiger partial charge in [0.05, 0.1) is 0 Å². The van der Waals surface area contributed by atoms with Gasteiger partial charge >= 0.3 is 166 Å². The van der Waals surface area contributed by atoms with Crippen LogP contribution < -0.4 is 13.6 Å². The number of hydrogen-bond acceptors (Lipinski definition) is 3. The summed E-state index contributed by atoms with van der Waals surface area (Å²) in [5, 5.41) is 3.15. The zero-order chi connectivity index (χ0) is 18.4. The molecule has 1 rings (SSSR count). The quantitative estimate of drug-likeness (QED) is 0.308. The molecule has 1 heterocycles. The Bertz CT molecular complexity index is 432. The van der Waals surface area contributed by atoms with Gasteiger partial charge in [-0.1, -0.05) is 0 Å². The van der Waals surface area contributed by atoms with Crippen molar-refractivity contribution in [3.05, 3.63) is 18.3 Å². The third-order valence-corrected chi connectivity index (χ3v) is 10.3. The van der Waals surface area contributed by atoms with Crippen LogP contribution in [0.15, 0.2) is 18.3 Å². The molecule has 0 fully saturated rings. The number of ether oxygens (including phenoxy) is 1. The van der Waals surface area contributed by atoms with Crippen molar-refractivity contribution in [3.63, 3.8) is 0 Å². The second-order valence-electron chi connectivity index (χ2n) is 7.02. The molecule has 25 heavy (non-hydrogen) atoms. The summed E-state index contributed by atoms with van der Waals surface area (Å²) in [6.45, 7) is 8.54. The van der Waals surface area contributed by atoms with Gasteiger partial charge in [-0.3, -0.25) is 0 Å². The van der Waals surface area contributed by atoms with E-state index in [1.54, 1.807) is 0 Å². The van der Waals surface area contributed by atoms with Gasteiger partial charge in [0.2, 0.25) is 0 Å². The van der Waals surface area contributed by atoms with Gasteiger partial charge < -0.3 is 0 Å². The number of likely N-dealkylation sites (N-methyl/N-ethyl adjacent to an activating group) is 1. The SMILES string of the molecule is CCCC[C](CCCC)(CCCC)[Sn][c]1cccnc1OCCNC. The summed E-state index contributed by atoms with van der Waals surface area (Å²) in [5.41, 5.74) is 0. The standard InChI is InChI=1S/C13H27.C8H11N2O.Sn/c1-4-7-10-13(11-8-5-2)12-9-6-3;1-9-6-7-11-8-4-2-3-5-10-8;/h4-12H2,1-3H3;2-3,5,9H,6-7H2,1H3;. The van der Waals surface area contributed by atoms with Gasteiger partial charge in [-0.15, -0.1) is 0 Å². The molecular weight excluding hydrogens is 415 g/mol. The maximum absolute atomic E-state index is 6.01. The van der Waals surface area contributed by atoms with E-state index >= 15 is 0 Å². The fourth-order valence-electron chi connectivity index (χ4n) is 3.24. The van der Waals surface area contributed by atoms with E-state index in [2.05, 4.69) is 43.2 Å². The van der Waals surface area contributed by atoms with Crippen molar-refractivity contribution in [2.45, 2.75) is 82.0 Å². The van der Waals surface area contributed by atoms with Crippen LogP contribution in [0.1, 0.15) is 78.6 Å². The number of unbranched alkanes of at least 4 members (excludes halogenated alkanes) is 3. The fourth-order valence-corrected chi connectivity index (χ4v) is 8.67. The zero-order valence-corrected chi connectivity index (χ0v) is 19.7. The molecule has 142 valence electrons. The van der Waals surface area contributed by atoms with Gasteiger partial charge in [-0.2, -0.15) is 0 Å². The van der Waals surface area contributed by atoms with Crippen molar-refractivity contribution in [2.75, 3.05) is 20.2 Å². The molecule has 1 N–H and O–H groups in total. The molecule has 1 aromatic rings. The van der Waals surface area contributed by atoms with Gasteiger partial charge in [-0.25, -0.2) is 0 Å². The van der Waals surface area contributed by atoms with E-state index in [0.717, 1.165) is 12.4 Å². The molecule has 0 bridgehead atoms. The number of aromatic nitrogens is 1. The number of pyridine rings is 1. The summed E-state index contributed by atoms with van der Waals surface area (Å²) in [4.78, 5) is 4.57. The van der Waals surface area contributed by atoms with Gasteiger partial charge in [0.25, 0.3) is 0 Å². The van der Waals surface area contributed by atoms with E-state index in [-0.39, 0.29) is 0 Å². The predicted molar refractivity (Wildman–Crippen MR) is 110 cm³/mol. The van der Waals surface area contributed by atoms with Gasteiger partial charge in [0.1, 0.15) is 0 Å². The molecule has 0 spiro atoms. The first-order chi connectivity index (χ1) is 12.2. The molecule has 0 saturated carbocycles. The fraction of sp³-hybridized carbons (Fsp3) is 0.762. The number of hydrogen-bond donors (Lipinski definition) is 1. The molecule has 0 atom stereocenters. The van der Waals surface area contributed by atoms with Gasteiger partial charge in [0, 0.05) is 0 Å². The molecule has 0 aromatic carbocycles. The van der Waals surface area contributed by atoms with E-state index < -0.39 is 21.1 Å². The Labute approximate surface area is 165 Å². The Hall–Kier alpha value is -0.291. The average molecular weight is 453 g/mol. The van der Waals surface area contributed by atoms with E-state index in [9.17, 15) is 0 Å². The van der Waals surface area contributed by atoms with E-state index in [1.165, 1.54) is 61.4 Å². The number of rotatable bonds is 15. The van der Waals surface area contributed by atoms with E-state index in [1.807, 2.05) is 13.2 Å². The van der Waals surface area contributed by atoms with E-state index in [4.69, 9.17) is 4.74 Å². The molecule has 0 aliphatic rings. The Balaban J connectivity index is 2.96. The second-order valence-corrected chi connectivity index (χ2v) is 12.3. The van der Waals surface area contributed by atoms with Crippen LogP contribution in [0, 0.1) is 0 Å². The van der Waals surface area contributed by atoms with Crippen LogP contribution in [-0.4, -0.2) is 46.3 Å². The summed E-state index contributed by atoms with van der Waals surface area (Å²) in [6, 6.07) is 4.40. The van der Waals surface area contributed by atoms with Crippen molar-refractivity contribution in [1.29, 1.82) is 0 Å². The molecule has 1 aromatic heterocycles. The van der Waals surface area contributed by atoms with Gasteiger partial charge in [0.15, 0.2) is 0 Å². The molecule has 2 radical (unpaired) electrons. The third-order valence-electron chi connectivity index (χ3n) is 4.79. The second kappa shape index (κ2) is 13.9. The summed E-state index contributed by atoms with van der Waals surface area (Å²) in [7, 11) is 1.96. The van der Waals surface area contributed by atoms with Crippen molar-refractivity contribution in [3.8, 4) is 5.88 Å². The minimum absolute atomic E-state index is 0.579. The maximum atomic E-state index is 6.01. The molecule has 0 aliphatic heterocycles. The summed E-state index contributed by atoms with van der Waals surface area (Å²) < 4.78 is 8.05. The Morgan fingerprint density at radius 1 is 1.04 bits per heavy atom. The predicted octanol–water partition coefficient (Wildman–Crippen LogP) is 4.74. The van der Waals surface area contributed by atoms with Crippen LogP contribution in [0.2, 0.25) is 3.43 Å². The average Bonchev–Trinajstić information content (AvgIpc) is 2.64. The molecule has 0 unspecified atom stereocenters. The van der Waals surface area contributed by atoms with Crippen LogP contribution >= 0.6 is 0 Å². The molecular formula is C21H38N2OSn. The first-order valence-electron chi connectivity index (χ1n) is 10.2. The summed E-state index contributed by atoms with van der Waals surface area (Å²) in [6.07, 6.45) is 14.1. The molecule has 4 heteroatoms. The van der Waals surface area contributed by atoms with Crippen molar-refractivity contribution in [1.82, 2.24) is 10.3 Å². The Morgan fingerprint density at radius 3 is 2.16 bits per heavy atom. The van der Waals surface area contributed by atoms with Crippen LogP contribution in [0.25, 0.3) is 0 Å². The summed E-state index contributed by atoms with van der Waals surface area (Å²) in [5.74, 6) is 0.915. The van der Waals surface area contributed by atoms with Crippen LogP contribution in [0.3, 0.4) is 0 Å². The number of nitrogens with zero attached hydrogens (tertiary/aromatic N) is 1. The first kappa shape index (κ1) is 22.7. The van der Waals surface area contributed by atoms with Crippen molar-refractivity contribution >= 4 is 24.7 Å². The molecule has 0 aliphatic carbocycles. The number of nitrogens with one attached hydrogen (secondary N) is 1. The topological polar surface area (TPSA) is 34.1 Å². The molecule has 0 amide bonds.